The molecule has 0 saturated heterocycles. The molecule has 0 radical (unpaired) electrons. The fraction of sp³-hybridized carbons (Fsp3) is 0.167. The number of nitrogens with zero attached hydrogens (tertiary/aromatic N) is 3. The topological polar surface area (TPSA) is 59.2 Å². The largest absolute Gasteiger partial charge is 0.337 e. The van der Waals surface area contributed by atoms with Gasteiger partial charge in [0.05, 0.1) is 0 Å². The van der Waals surface area contributed by atoms with Crippen molar-refractivity contribution in [1.29, 1.82) is 0 Å². The number of rotatable bonds is 5. The second kappa shape index (κ2) is 7.04. The quantitative estimate of drug-likeness (QED) is 0.720. The Balaban J connectivity index is 1.75. The van der Waals surface area contributed by atoms with Gasteiger partial charge in [0.2, 0.25) is 11.7 Å². The smallest absolute Gasteiger partial charge is 0.254 e. The molecule has 0 aliphatic carbocycles. The third-order valence-electron chi connectivity index (χ3n) is 3.59. The molecule has 0 N–H and O–H groups in total. The zero-order chi connectivity index (χ0) is 16.9. The van der Waals surface area contributed by atoms with Crippen molar-refractivity contribution in [1.82, 2.24) is 15.0 Å². The number of carbonyl (C=O) groups is 1. The summed E-state index contributed by atoms with van der Waals surface area (Å²) in [5.41, 5.74) is 1.27. The second-order valence-corrected chi connectivity index (χ2v) is 5.20. The molecule has 122 valence electrons. The molecule has 1 heterocycles. The maximum Gasteiger partial charge on any atom is 0.254 e. The normalized spacial score (nSPS) is 10.6. The van der Waals surface area contributed by atoms with Gasteiger partial charge in [-0.3, -0.25) is 4.79 Å². The lowest BCUT2D eigenvalue weighted by molar-refractivity contribution is 0.0734. The third-order valence-corrected chi connectivity index (χ3v) is 3.59. The Hall–Kier alpha value is -3.02. The van der Waals surface area contributed by atoms with Crippen molar-refractivity contribution in [2.45, 2.75) is 13.5 Å². The minimum Gasteiger partial charge on any atom is -0.337 e. The first-order chi connectivity index (χ1) is 11.7. The van der Waals surface area contributed by atoms with Crippen LogP contribution in [0.15, 0.2) is 59.1 Å². The molecule has 0 unspecified atom stereocenters. The predicted molar refractivity (Wildman–Crippen MR) is 86.5 cm³/mol. The van der Waals surface area contributed by atoms with E-state index in [9.17, 15) is 9.18 Å². The molecular weight excluding hydrogens is 309 g/mol. The molecule has 1 amide bonds. The fourth-order valence-corrected chi connectivity index (χ4v) is 2.29. The zero-order valence-electron chi connectivity index (χ0n) is 13.1. The highest BCUT2D eigenvalue weighted by molar-refractivity contribution is 5.94. The highest BCUT2D eigenvalue weighted by Gasteiger charge is 2.18. The molecule has 24 heavy (non-hydrogen) atoms. The summed E-state index contributed by atoms with van der Waals surface area (Å²) < 4.78 is 18.2. The molecule has 0 spiro atoms. The van der Waals surface area contributed by atoms with Gasteiger partial charge < -0.3 is 9.42 Å². The van der Waals surface area contributed by atoms with Crippen LogP contribution in [0.1, 0.15) is 23.2 Å². The van der Waals surface area contributed by atoms with Gasteiger partial charge in [-0.2, -0.15) is 4.98 Å². The number of hydrogen-bond acceptors (Lipinski definition) is 4. The van der Waals surface area contributed by atoms with Gasteiger partial charge in [-0.05, 0) is 31.2 Å². The van der Waals surface area contributed by atoms with Gasteiger partial charge in [-0.1, -0.05) is 35.5 Å². The predicted octanol–water partition coefficient (Wildman–Crippen LogP) is 3.54. The van der Waals surface area contributed by atoms with Crippen LogP contribution >= 0.6 is 0 Å². The number of aromatic nitrogens is 2. The first-order valence-corrected chi connectivity index (χ1v) is 7.60. The minimum absolute atomic E-state index is 0.201. The number of amides is 1. The van der Waals surface area contributed by atoms with E-state index >= 15 is 0 Å². The summed E-state index contributed by atoms with van der Waals surface area (Å²) in [7, 11) is 0. The average Bonchev–Trinajstić information content (AvgIpc) is 3.09. The SMILES string of the molecule is CCN(Cc1nc(-c2ccccc2)no1)C(=O)c1ccc(F)cc1. The van der Waals surface area contributed by atoms with E-state index in [4.69, 9.17) is 4.52 Å². The van der Waals surface area contributed by atoms with Gasteiger partial charge >= 0.3 is 0 Å². The van der Waals surface area contributed by atoms with E-state index in [1.807, 2.05) is 37.3 Å². The molecule has 5 nitrogen and oxygen atoms in total. The van der Waals surface area contributed by atoms with E-state index in [1.54, 1.807) is 4.90 Å². The monoisotopic (exact) mass is 325 g/mol. The Bertz CT molecular complexity index is 816. The molecule has 1 aromatic heterocycles. The van der Waals surface area contributed by atoms with Crippen molar-refractivity contribution < 1.29 is 13.7 Å². The Labute approximate surface area is 138 Å². The van der Waals surface area contributed by atoms with Crippen LogP contribution in [0.25, 0.3) is 11.4 Å². The Kier molecular flexibility index (Phi) is 4.65. The van der Waals surface area contributed by atoms with Gasteiger partial charge in [-0.15, -0.1) is 0 Å². The van der Waals surface area contributed by atoms with E-state index < -0.39 is 0 Å². The third kappa shape index (κ3) is 3.48. The molecule has 0 aliphatic heterocycles. The number of benzene rings is 2. The molecule has 0 atom stereocenters. The molecule has 0 bridgehead atoms. The highest BCUT2D eigenvalue weighted by Crippen LogP contribution is 2.16. The summed E-state index contributed by atoms with van der Waals surface area (Å²) in [6, 6.07) is 14.9. The summed E-state index contributed by atoms with van der Waals surface area (Å²) in [6.45, 7) is 2.53. The summed E-state index contributed by atoms with van der Waals surface area (Å²) in [5, 5.41) is 3.94. The standard InChI is InChI=1S/C18H16FN3O2/c1-2-22(18(23)14-8-10-15(19)11-9-14)12-16-20-17(21-24-16)13-6-4-3-5-7-13/h3-11H,2,12H2,1H3. The molecular formula is C18H16FN3O2. The molecule has 0 saturated carbocycles. The molecule has 2 aromatic carbocycles. The molecule has 6 heteroatoms. The molecule has 0 aliphatic rings. The van der Waals surface area contributed by atoms with Crippen LogP contribution in [0, 0.1) is 5.82 Å². The van der Waals surface area contributed by atoms with E-state index in [-0.39, 0.29) is 18.3 Å². The Morgan fingerprint density at radius 3 is 2.50 bits per heavy atom. The molecule has 0 fully saturated rings. The molecule has 3 rings (SSSR count). The van der Waals surface area contributed by atoms with Crippen LogP contribution < -0.4 is 0 Å². The second-order valence-electron chi connectivity index (χ2n) is 5.20. The van der Waals surface area contributed by atoms with Gasteiger partial charge in [0.15, 0.2) is 0 Å². The van der Waals surface area contributed by atoms with Crippen molar-refractivity contribution in [2.24, 2.45) is 0 Å². The Morgan fingerprint density at radius 1 is 1.12 bits per heavy atom. The number of hydrogen-bond donors (Lipinski definition) is 0. The zero-order valence-corrected chi connectivity index (χ0v) is 13.1. The first-order valence-electron chi connectivity index (χ1n) is 7.60. The van der Waals surface area contributed by atoms with Gasteiger partial charge in [-0.25, -0.2) is 4.39 Å². The van der Waals surface area contributed by atoms with E-state index in [1.165, 1.54) is 24.3 Å². The fourth-order valence-electron chi connectivity index (χ4n) is 2.29. The van der Waals surface area contributed by atoms with Crippen LogP contribution in [0.3, 0.4) is 0 Å². The maximum absolute atomic E-state index is 13.0. The first kappa shape index (κ1) is 15.9. The van der Waals surface area contributed by atoms with E-state index in [0.29, 0.717) is 23.8 Å². The van der Waals surface area contributed by atoms with Crippen LogP contribution in [0.5, 0.6) is 0 Å². The summed E-state index contributed by atoms with van der Waals surface area (Å²) >= 11 is 0. The summed E-state index contributed by atoms with van der Waals surface area (Å²) in [5.74, 6) is 0.248. The lowest BCUT2D eigenvalue weighted by Crippen LogP contribution is -2.30. The van der Waals surface area contributed by atoms with Crippen molar-refractivity contribution in [3.05, 3.63) is 71.9 Å². The van der Waals surface area contributed by atoms with Crippen molar-refractivity contribution in [3.8, 4) is 11.4 Å². The van der Waals surface area contributed by atoms with Crippen molar-refractivity contribution in [3.63, 3.8) is 0 Å². The molecule has 3 aromatic rings. The van der Waals surface area contributed by atoms with Crippen LogP contribution in [0.4, 0.5) is 4.39 Å². The highest BCUT2D eigenvalue weighted by atomic mass is 19.1. The number of carbonyl (C=O) groups excluding carboxylic acids is 1. The van der Waals surface area contributed by atoms with E-state index in [0.717, 1.165) is 5.56 Å². The van der Waals surface area contributed by atoms with Crippen molar-refractivity contribution in [2.75, 3.05) is 6.54 Å². The van der Waals surface area contributed by atoms with Gasteiger partial charge in [0.25, 0.3) is 5.91 Å². The lowest BCUT2D eigenvalue weighted by Gasteiger charge is -2.18. The van der Waals surface area contributed by atoms with Gasteiger partial charge in [0.1, 0.15) is 12.4 Å². The number of halogens is 1. The van der Waals surface area contributed by atoms with Crippen molar-refractivity contribution >= 4 is 5.91 Å². The Morgan fingerprint density at radius 2 is 1.83 bits per heavy atom. The maximum atomic E-state index is 13.0. The van der Waals surface area contributed by atoms with Crippen LogP contribution in [0.2, 0.25) is 0 Å². The van der Waals surface area contributed by atoms with E-state index in [2.05, 4.69) is 10.1 Å². The minimum atomic E-state index is -0.376. The summed E-state index contributed by atoms with van der Waals surface area (Å²) in [4.78, 5) is 18.4. The average molecular weight is 325 g/mol. The summed E-state index contributed by atoms with van der Waals surface area (Å²) in [6.07, 6.45) is 0. The van der Waals surface area contributed by atoms with Gasteiger partial charge in [0, 0.05) is 17.7 Å². The lowest BCUT2D eigenvalue weighted by atomic mass is 10.2. The van der Waals surface area contributed by atoms with Crippen LogP contribution in [-0.2, 0) is 6.54 Å². The van der Waals surface area contributed by atoms with Crippen LogP contribution in [-0.4, -0.2) is 27.5 Å².